The van der Waals surface area contributed by atoms with Crippen molar-refractivity contribution in [2.75, 3.05) is 18.6 Å². The summed E-state index contributed by atoms with van der Waals surface area (Å²) in [5.41, 5.74) is 1.37. The van der Waals surface area contributed by atoms with Gasteiger partial charge in [-0.25, -0.2) is 0 Å². The van der Waals surface area contributed by atoms with E-state index >= 15 is 0 Å². The number of benzene rings is 2. The first kappa shape index (κ1) is 20.1. The van der Waals surface area contributed by atoms with Gasteiger partial charge in [0.15, 0.2) is 0 Å². The van der Waals surface area contributed by atoms with Crippen molar-refractivity contribution < 1.29 is 14.3 Å². The molecule has 0 unspecified atom stereocenters. The van der Waals surface area contributed by atoms with Crippen LogP contribution in [0.5, 0.6) is 5.75 Å². The summed E-state index contributed by atoms with van der Waals surface area (Å²) in [6.45, 7) is 1.97. The van der Waals surface area contributed by atoms with E-state index in [1.165, 1.54) is 11.8 Å². The monoisotopic (exact) mass is 394 g/mol. The molecule has 0 heterocycles. The van der Waals surface area contributed by atoms with Gasteiger partial charge in [-0.1, -0.05) is 47.5 Å². The maximum Gasteiger partial charge on any atom is 0.223 e. The van der Waals surface area contributed by atoms with Crippen molar-refractivity contribution in [3.05, 3.63) is 58.1 Å². The minimum Gasteiger partial charge on any atom is -0.496 e. The van der Waals surface area contributed by atoms with E-state index in [9.17, 15) is 9.59 Å². The third kappa shape index (κ3) is 5.13. The third-order valence-electron chi connectivity index (χ3n) is 3.83. The maximum atomic E-state index is 12.2. The highest BCUT2D eigenvalue weighted by Gasteiger charge is 2.17. The summed E-state index contributed by atoms with van der Waals surface area (Å²) >= 11 is 12.2. The summed E-state index contributed by atoms with van der Waals surface area (Å²) in [6, 6.07) is 12.5. The van der Waals surface area contributed by atoms with Crippen molar-refractivity contribution in [1.82, 2.24) is 5.32 Å². The molecule has 0 atom stereocenters. The minimum atomic E-state index is -0.216. The van der Waals surface area contributed by atoms with Crippen molar-refractivity contribution in [1.29, 1.82) is 0 Å². The topological polar surface area (TPSA) is 58.6 Å². The molecule has 2 aromatic rings. The van der Waals surface area contributed by atoms with E-state index < -0.39 is 0 Å². The number of hydrogen-bond donors (Lipinski definition) is 1. The molecule has 0 bridgehead atoms. The van der Waals surface area contributed by atoms with Crippen LogP contribution in [0.4, 0.5) is 5.69 Å². The number of nitrogens with zero attached hydrogens (tertiary/aromatic N) is 1. The van der Waals surface area contributed by atoms with Crippen LogP contribution < -0.4 is 15.0 Å². The van der Waals surface area contributed by atoms with E-state index in [0.29, 0.717) is 28.0 Å². The van der Waals surface area contributed by atoms with Crippen LogP contribution in [0.2, 0.25) is 10.0 Å². The van der Waals surface area contributed by atoms with Crippen LogP contribution in [0, 0.1) is 0 Å². The van der Waals surface area contributed by atoms with E-state index in [-0.39, 0.29) is 24.8 Å². The molecule has 0 aliphatic carbocycles. The van der Waals surface area contributed by atoms with E-state index in [0.717, 1.165) is 5.56 Å². The van der Waals surface area contributed by atoms with Gasteiger partial charge in [-0.2, -0.15) is 0 Å². The number of ether oxygens (including phenoxy) is 1. The highest BCUT2D eigenvalue weighted by molar-refractivity contribution is 6.44. The second kappa shape index (κ2) is 9.46. The zero-order valence-corrected chi connectivity index (χ0v) is 16.1. The van der Waals surface area contributed by atoms with Gasteiger partial charge in [-0.15, -0.1) is 0 Å². The number of amides is 2. The van der Waals surface area contributed by atoms with Crippen molar-refractivity contribution >= 4 is 40.7 Å². The van der Waals surface area contributed by atoms with E-state index in [2.05, 4.69) is 5.32 Å². The normalized spacial score (nSPS) is 10.3. The van der Waals surface area contributed by atoms with Gasteiger partial charge in [0, 0.05) is 32.0 Å². The van der Waals surface area contributed by atoms with Crippen molar-refractivity contribution in [2.24, 2.45) is 0 Å². The highest BCUT2D eigenvalue weighted by atomic mass is 35.5. The van der Waals surface area contributed by atoms with Gasteiger partial charge in [0.05, 0.1) is 22.8 Å². The standard InChI is InChI=1S/C19H20Cl2N2O3/c1-13(24)23(16-8-5-7-15(20)19(16)21)11-10-18(25)22-12-14-6-3-4-9-17(14)26-2/h3-9H,10-12H2,1-2H3,(H,22,25). The smallest absolute Gasteiger partial charge is 0.223 e. The fraction of sp³-hybridized carbons (Fsp3) is 0.263. The van der Waals surface area contributed by atoms with Gasteiger partial charge in [0.25, 0.3) is 0 Å². The van der Waals surface area contributed by atoms with Gasteiger partial charge >= 0.3 is 0 Å². The van der Waals surface area contributed by atoms with Crippen LogP contribution in [0.1, 0.15) is 18.9 Å². The molecule has 138 valence electrons. The van der Waals surface area contributed by atoms with Crippen LogP contribution in [0.3, 0.4) is 0 Å². The van der Waals surface area contributed by atoms with Gasteiger partial charge in [0.2, 0.25) is 11.8 Å². The summed E-state index contributed by atoms with van der Waals surface area (Å²) in [4.78, 5) is 25.6. The van der Waals surface area contributed by atoms with E-state index in [1.807, 2.05) is 24.3 Å². The molecule has 0 aliphatic rings. The van der Waals surface area contributed by atoms with Gasteiger partial charge in [-0.3, -0.25) is 9.59 Å². The molecule has 7 heteroatoms. The quantitative estimate of drug-likeness (QED) is 0.769. The van der Waals surface area contributed by atoms with Crippen LogP contribution in [0.15, 0.2) is 42.5 Å². The predicted molar refractivity (Wildman–Crippen MR) is 104 cm³/mol. The Bertz CT molecular complexity index is 796. The first-order chi connectivity index (χ1) is 12.4. The molecule has 5 nitrogen and oxygen atoms in total. The molecule has 2 aromatic carbocycles. The van der Waals surface area contributed by atoms with Crippen molar-refractivity contribution in [3.8, 4) is 5.75 Å². The highest BCUT2D eigenvalue weighted by Crippen LogP contribution is 2.32. The first-order valence-corrected chi connectivity index (χ1v) is 8.80. The molecule has 0 fully saturated rings. The molecule has 0 saturated heterocycles. The largest absolute Gasteiger partial charge is 0.496 e. The number of anilines is 1. The number of carbonyl (C=O) groups excluding carboxylic acids is 2. The Balaban J connectivity index is 1.97. The van der Waals surface area contributed by atoms with Gasteiger partial charge in [-0.05, 0) is 18.2 Å². The fourth-order valence-corrected chi connectivity index (χ4v) is 2.89. The number of rotatable bonds is 7. The zero-order valence-electron chi connectivity index (χ0n) is 14.6. The Hall–Kier alpha value is -2.24. The number of para-hydroxylation sites is 1. The molecule has 0 spiro atoms. The Labute approximate surface area is 162 Å². The average molecular weight is 395 g/mol. The molecule has 2 rings (SSSR count). The average Bonchev–Trinajstić information content (AvgIpc) is 2.63. The van der Waals surface area contributed by atoms with Crippen molar-refractivity contribution in [3.63, 3.8) is 0 Å². The summed E-state index contributed by atoms with van der Waals surface area (Å²) in [5, 5.41) is 3.48. The molecule has 26 heavy (non-hydrogen) atoms. The van der Waals surface area contributed by atoms with Crippen LogP contribution in [-0.4, -0.2) is 25.5 Å². The van der Waals surface area contributed by atoms with Crippen LogP contribution in [-0.2, 0) is 16.1 Å². The summed E-state index contributed by atoms with van der Waals surface area (Å²) < 4.78 is 5.26. The SMILES string of the molecule is COc1ccccc1CNC(=O)CCN(C(C)=O)c1cccc(Cl)c1Cl. The molecule has 0 aliphatic heterocycles. The maximum absolute atomic E-state index is 12.2. The van der Waals surface area contributed by atoms with Crippen molar-refractivity contribution in [2.45, 2.75) is 19.9 Å². The Morgan fingerprint density at radius 3 is 2.54 bits per heavy atom. The third-order valence-corrected chi connectivity index (χ3v) is 4.64. The lowest BCUT2D eigenvalue weighted by atomic mass is 10.2. The molecule has 0 radical (unpaired) electrons. The number of carbonyl (C=O) groups is 2. The lowest BCUT2D eigenvalue weighted by molar-refractivity contribution is -0.121. The Morgan fingerprint density at radius 1 is 1.12 bits per heavy atom. The Morgan fingerprint density at radius 2 is 1.85 bits per heavy atom. The number of nitrogens with one attached hydrogen (secondary N) is 1. The predicted octanol–water partition coefficient (Wildman–Crippen LogP) is 4.06. The second-order valence-corrected chi connectivity index (χ2v) is 6.37. The molecule has 1 N–H and O–H groups in total. The second-order valence-electron chi connectivity index (χ2n) is 5.58. The summed E-state index contributed by atoms with van der Waals surface area (Å²) in [5.74, 6) is 0.316. The van der Waals surface area contributed by atoms with Crippen LogP contribution in [0.25, 0.3) is 0 Å². The lowest BCUT2D eigenvalue weighted by Crippen LogP contribution is -2.34. The number of halogens is 2. The van der Waals surface area contributed by atoms with Gasteiger partial charge in [0.1, 0.15) is 5.75 Å². The lowest BCUT2D eigenvalue weighted by Gasteiger charge is -2.22. The molecule has 2 amide bonds. The van der Waals surface area contributed by atoms with Crippen LogP contribution >= 0.6 is 23.2 Å². The zero-order chi connectivity index (χ0) is 19.1. The number of methoxy groups -OCH3 is 1. The van der Waals surface area contributed by atoms with E-state index in [4.69, 9.17) is 27.9 Å². The first-order valence-electron chi connectivity index (χ1n) is 8.04. The molecular weight excluding hydrogens is 375 g/mol. The van der Waals surface area contributed by atoms with E-state index in [1.54, 1.807) is 25.3 Å². The van der Waals surface area contributed by atoms with Gasteiger partial charge < -0.3 is 15.0 Å². The number of hydrogen-bond acceptors (Lipinski definition) is 3. The summed E-state index contributed by atoms with van der Waals surface area (Å²) in [6.07, 6.45) is 0.136. The summed E-state index contributed by atoms with van der Waals surface area (Å²) in [7, 11) is 1.58. The minimum absolute atomic E-state index is 0.136. The molecular formula is C19H20Cl2N2O3. The molecule has 0 aromatic heterocycles. The molecule has 0 saturated carbocycles. The fourth-order valence-electron chi connectivity index (χ4n) is 2.49. The Kier molecular flexibility index (Phi) is 7.30.